The number of ether oxygens (including phenoxy) is 1. The summed E-state index contributed by atoms with van der Waals surface area (Å²) in [5.74, 6) is -0.0754. The van der Waals surface area contributed by atoms with Gasteiger partial charge in [-0.2, -0.15) is 5.10 Å². The normalized spacial score (nSPS) is 23.7. The number of hydrogen-bond acceptors (Lipinski definition) is 5. The van der Waals surface area contributed by atoms with Crippen LogP contribution >= 0.6 is 0 Å². The number of nitrogen functional groups attached to an aromatic ring is 1. The van der Waals surface area contributed by atoms with Gasteiger partial charge >= 0.3 is 0 Å². The second-order valence-electron chi connectivity index (χ2n) is 5.84. The quantitative estimate of drug-likeness (QED) is 0.833. The van der Waals surface area contributed by atoms with Crippen LogP contribution in [0.1, 0.15) is 29.0 Å². The molecule has 0 aliphatic carbocycles. The Morgan fingerprint density at radius 3 is 2.76 bits per heavy atom. The molecule has 21 heavy (non-hydrogen) atoms. The van der Waals surface area contributed by atoms with Gasteiger partial charge in [0.15, 0.2) is 5.69 Å². The molecule has 0 bridgehead atoms. The lowest BCUT2D eigenvalue weighted by atomic mass is 10.2. The number of nitrogens with zero attached hydrogens (tertiary/aromatic N) is 3. The Kier molecular flexibility index (Phi) is 4.12. The van der Waals surface area contributed by atoms with Crippen LogP contribution in [0.15, 0.2) is 0 Å². The summed E-state index contributed by atoms with van der Waals surface area (Å²) in [6.07, 6.45) is 2.69. The van der Waals surface area contributed by atoms with Gasteiger partial charge in [-0.3, -0.25) is 14.8 Å². The summed E-state index contributed by atoms with van der Waals surface area (Å²) in [5, 5.41) is 6.78. The van der Waals surface area contributed by atoms with Gasteiger partial charge in [-0.25, -0.2) is 0 Å². The number of aryl methyl sites for hydroxylation is 1. The molecular formula is C14H23N5O2. The smallest absolute Gasteiger partial charge is 0.276 e. The van der Waals surface area contributed by atoms with Crippen molar-refractivity contribution in [3.63, 3.8) is 0 Å². The number of anilines is 1. The van der Waals surface area contributed by atoms with Gasteiger partial charge in [0.25, 0.3) is 5.91 Å². The Bertz CT molecular complexity index is 501. The van der Waals surface area contributed by atoms with Crippen LogP contribution in [0.2, 0.25) is 0 Å². The molecular weight excluding hydrogens is 270 g/mol. The number of aromatic amines is 1. The molecule has 2 aliphatic heterocycles. The topological polar surface area (TPSA) is 87.5 Å². The first kappa shape index (κ1) is 14.3. The molecule has 0 spiro atoms. The molecule has 2 fully saturated rings. The van der Waals surface area contributed by atoms with Crippen molar-refractivity contribution < 1.29 is 9.53 Å². The number of aromatic nitrogens is 2. The molecule has 1 aromatic rings. The van der Waals surface area contributed by atoms with Crippen molar-refractivity contribution >= 4 is 11.6 Å². The van der Waals surface area contributed by atoms with Crippen molar-refractivity contribution in [2.45, 2.75) is 25.9 Å². The van der Waals surface area contributed by atoms with Crippen molar-refractivity contribution in [2.75, 3.05) is 45.1 Å². The number of H-pyrrole nitrogens is 1. The van der Waals surface area contributed by atoms with Crippen LogP contribution in [0.25, 0.3) is 0 Å². The Morgan fingerprint density at radius 1 is 1.43 bits per heavy atom. The van der Waals surface area contributed by atoms with Crippen LogP contribution in [0, 0.1) is 6.92 Å². The molecule has 1 atom stereocenters. The summed E-state index contributed by atoms with van der Waals surface area (Å²) in [4.78, 5) is 16.6. The minimum Gasteiger partial charge on any atom is -0.395 e. The fourth-order valence-electron chi connectivity index (χ4n) is 2.96. The summed E-state index contributed by atoms with van der Waals surface area (Å²) in [6, 6.07) is 0. The fraction of sp³-hybridized carbons (Fsp3) is 0.714. The van der Waals surface area contributed by atoms with E-state index in [-0.39, 0.29) is 5.91 Å². The zero-order valence-electron chi connectivity index (χ0n) is 12.5. The summed E-state index contributed by atoms with van der Waals surface area (Å²) in [5.41, 5.74) is 7.43. The molecule has 7 heteroatoms. The standard InChI is InChI=1S/C14H23N5O2/c1-10-12(15)13(17-16-10)14(20)19-6-4-18(5-7-19)9-11-3-2-8-21-11/h11H,2-9,15H2,1H3,(H,16,17). The lowest BCUT2D eigenvalue weighted by Crippen LogP contribution is -2.50. The van der Waals surface area contributed by atoms with E-state index in [0.717, 1.165) is 51.4 Å². The van der Waals surface area contributed by atoms with E-state index in [1.165, 1.54) is 6.42 Å². The molecule has 0 radical (unpaired) electrons. The molecule has 2 saturated heterocycles. The van der Waals surface area contributed by atoms with Gasteiger partial charge in [-0.05, 0) is 19.8 Å². The molecule has 1 aromatic heterocycles. The third-order valence-corrected chi connectivity index (χ3v) is 4.34. The number of piperazine rings is 1. The minimum atomic E-state index is -0.0754. The van der Waals surface area contributed by atoms with E-state index in [4.69, 9.17) is 10.5 Å². The average molecular weight is 293 g/mol. The summed E-state index contributed by atoms with van der Waals surface area (Å²) in [7, 11) is 0. The first-order chi connectivity index (χ1) is 10.1. The van der Waals surface area contributed by atoms with Crippen molar-refractivity contribution in [3.05, 3.63) is 11.4 Å². The molecule has 116 valence electrons. The Labute approximate surface area is 124 Å². The van der Waals surface area contributed by atoms with Crippen LogP contribution in [-0.2, 0) is 4.74 Å². The fourth-order valence-corrected chi connectivity index (χ4v) is 2.96. The zero-order valence-corrected chi connectivity index (χ0v) is 12.5. The highest BCUT2D eigenvalue weighted by atomic mass is 16.5. The zero-order chi connectivity index (χ0) is 14.8. The lowest BCUT2D eigenvalue weighted by Gasteiger charge is -2.35. The predicted octanol–water partition coefficient (Wildman–Crippen LogP) is 0.237. The van der Waals surface area contributed by atoms with Crippen LogP contribution in [0.5, 0.6) is 0 Å². The van der Waals surface area contributed by atoms with Gasteiger partial charge in [0.2, 0.25) is 0 Å². The van der Waals surface area contributed by atoms with Gasteiger partial charge in [0.05, 0.1) is 17.5 Å². The number of carbonyl (C=O) groups is 1. The van der Waals surface area contributed by atoms with E-state index in [1.54, 1.807) is 0 Å². The Morgan fingerprint density at radius 2 is 2.19 bits per heavy atom. The number of nitrogens with two attached hydrogens (primary N) is 1. The maximum absolute atomic E-state index is 12.4. The van der Waals surface area contributed by atoms with Crippen molar-refractivity contribution in [1.82, 2.24) is 20.0 Å². The molecule has 3 N–H and O–H groups in total. The summed E-state index contributed by atoms with van der Waals surface area (Å²) < 4.78 is 5.66. The van der Waals surface area contributed by atoms with E-state index < -0.39 is 0 Å². The molecule has 1 amide bonds. The van der Waals surface area contributed by atoms with Gasteiger partial charge in [-0.1, -0.05) is 0 Å². The minimum absolute atomic E-state index is 0.0754. The molecule has 3 rings (SSSR count). The lowest BCUT2D eigenvalue weighted by molar-refractivity contribution is 0.0430. The molecule has 2 aliphatic rings. The molecule has 0 aromatic carbocycles. The largest absolute Gasteiger partial charge is 0.395 e. The summed E-state index contributed by atoms with van der Waals surface area (Å²) in [6.45, 7) is 6.89. The Hall–Kier alpha value is -1.60. The third kappa shape index (κ3) is 3.03. The highest BCUT2D eigenvalue weighted by Crippen LogP contribution is 2.17. The third-order valence-electron chi connectivity index (χ3n) is 4.34. The number of nitrogens with one attached hydrogen (secondary N) is 1. The second-order valence-corrected chi connectivity index (χ2v) is 5.84. The predicted molar refractivity (Wildman–Crippen MR) is 79.1 cm³/mol. The number of carbonyl (C=O) groups excluding carboxylic acids is 1. The van der Waals surface area contributed by atoms with Crippen LogP contribution < -0.4 is 5.73 Å². The second kappa shape index (κ2) is 6.03. The van der Waals surface area contributed by atoms with Gasteiger partial charge in [-0.15, -0.1) is 0 Å². The molecule has 7 nitrogen and oxygen atoms in total. The highest BCUT2D eigenvalue weighted by molar-refractivity contribution is 5.97. The van der Waals surface area contributed by atoms with Crippen molar-refractivity contribution in [3.8, 4) is 0 Å². The van der Waals surface area contributed by atoms with Crippen LogP contribution in [0.4, 0.5) is 5.69 Å². The van der Waals surface area contributed by atoms with E-state index in [2.05, 4.69) is 15.1 Å². The van der Waals surface area contributed by atoms with Gasteiger partial charge < -0.3 is 15.4 Å². The maximum Gasteiger partial charge on any atom is 0.276 e. The first-order valence-electron chi connectivity index (χ1n) is 7.59. The van der Waals surface area contributed by atoms with Crippen molar-refractivity contribution in [1.29, 1.82) is 0 Å². The van der Waals surface area contributed by atoms with Crippen molar-refractivity contribution in [2.24, 2.45) is 0 Å². The number of amides is 1. The average Bonchev–Trinajstić information content (AvgIpc) is 3.11. The van der Waals surface area contributed by atoms with E-state index in [9.17, 15) is 4.79 Å². The molecule has 3 heterocycles. The highest BCUT2D eigenvalue weighted by Gasteiger charge is 2.27. The number of hydrogen-bond donors (Lipinski definition) is 2. The SMILES string of the molecule is Cc1[nH]nc(C(=O)N2CCN(CC3CCCO3)CC2)c1N. The van der Waals surface area contributed by atoms with E-state index in [1.807, 2.05) is 11.8 Å². The molecule has 1 unspecified atom stereocenters. The van der Waals surface area contributed by atoms with Crippen LogP contribution in [-0.4, -0.2) is 71.3 Å². The maximum atomic E-state index is 12.4. The van der Waals surface area contributed by atoms with Crippen LogP contribution in [0.3, 0.4) is 0 Å². The van der Waals surface area contributed by atoms with Gasteiger partial charge in [0, 0.05) is 39.3 Å². The first-order valence-corrected chi connectivity index (χ1v) is 7.59. The van der Waals surface area contributed by atoms with Gasteiger partial charge in [0.1, 0.15) is 0 Å². The number of rotatable bonds is 3. The molecule has 0 saturated carbocycles. The van der Waals surface area contributed by atoms with E-state index in [0.29, 0.717) is 17.5 Å². The van der Waals surface area contributed by atoms with E-state index >= 15 is 0 Å². The summed E-state index contributed by atoms with van der Waals surface area (Å²) >= 11 is 0. The Balaban J connectivity index is 1.53. The monoisotopic (exact) mass is 293 g/mol.